The van der Waals surface area contributed by atoms with Gasteiger partial charge in [-0.15, -0.1) is 0 Å². The lowest BCUT2D eigenvalue weighted by molar-refractivity contribution is 0.187. The van der Waals surface area contributed by atoms with Crippen molar-refractivity contribution < 1.29 is 14.0 Å². The van der Waals surface area contributed by atoms with E-state index >= 15 is 0 Å². The van der Waals surface area contributed by atoms with E-state index in [4.69, 9.17) is 4.89 Å². The van der Waals surface area contributed by atoms with E-state index in [0.29, 0.717) is 0 Å². The lowest BCUT2D eigenvalue weighted by Gasteiger charge is -2.04. The molecule has 1 atom stereocenters. The lowest BCUT2D eigenvalue weighted by Crippen LogP contribution is -2.23. The summed E-state index contributed by atoms with van der Waals surface area (Å²) in [5.41, 5.74) is -0.540. The van der Waals surface area contributed by atoms with E-state index < -0.39 is 20.0 Å². The predicted octanol–water partition coefficient (Wildman–Crippen LogP) is -0.280. The van der Waals surface area contributed by atoms with Gasteiger partial charge in [-0.3, -0.25) is 9.09 Å². The van der Waals surface area contributed by atoms with E-state index in [1.807, 2.05) is 0 Å². The number of aromatic nitrogens is 4. The molecule has 0 bridgehead atoms. The molecule has 15 heavy (non-hydrogen) atoms. The third kappa shape index (κ3) is 3.43. The molecule has 0 amide bonds. The molecule has 9 heteroatoms. The second-order valence-electron chi connectivity index (χ2n) is 2.75. The number of hydrogen-bond acceptors (Lipinski definition) is 5. The molecular weight excluding hydrogens is 223 g/mol. The van der Waals surface area contributed by atoms with Gasteiger partial charge in [0.25, 0.3) is 0 Å². The molecule has 0 aliphatic carbocycles. The van der Waals surface area contributed by atoms with Crippen molar-refractivity contribution in [1.82, 2.24) is 19.8 Å². The highest BCUT2D eigenvalue weighted by atomic mass is 31.2. The Kier molecular flexibility index (Phi) is 3.57. The lowest BCUT2D eigenvalue weighted by atomic mass is 10.7. The van der Waals surface area contributed by atoms with Gasteiger partial charge in [-0.2, -0.15) is 9.36 Å². The van der Waals surface area contributed by atoms with Crippen molar-refractivity contribution in [3.63, 3.8) is 0 Å². The van der Waals surface area contributed by atoms with Crippen LogP contribution in [-0.2, 0) is 15.8 Å². The fourth-order valence-corrected chi connectivity index (χ4v) is 1.09. The van der Waals surface area contributed by atoms with Crippen molar-refractivity contribution in [2.45, 2.75) is 13.7 Å². The zero-order valence-electron chi connectivity index (χ0n) is 8.27. The molecule has 84 valence electrons. The van der Waals surface area contributed by atoms with Crippen molar-refractivity contribution >= 4 is 13.8 Å². The van der Waals surface area contributed by atoms with Crippen LogP contribution in [0, 0.1) is 0 Å². The molecule has 0 radical (unpaired) electrons. The van der Waals surface area contributed by atoms with Crippen molar-refractivity contribution in [2.24, 2.45) is 0 Å². The summed E-state index contributed by atoms with van der Waals surface area (Å²) in [6.45, 7) is 2.34. The molecule has 0 saturated heterocycles. The van der Waals surface area contributed by atoms with Gasteiger partial charge >= 0.3 is 13.3 Å². The summed E-state index contributed by atoms with van der Waals surface area (Å²) in [4.78, 5) is 20.2. The highest BCUT2D eigenvalue weighted by molar-refractivity contribution is 7.51. The van der Waals surface area contributed by atoms with Gasteiger partial charge in [-0.1, -0.05) is 6.08 Å². The largest absolute Gasteiger partial charge is 0.370 e. The molecule has 1 rings (SSSR count). The maximum absolute atomic E-state index is 11.4. The standard InChI is InChI=1S/C6H11N4O4P/c1-3-4-9-6(11)10(8-7-9)5-14-15(2,12)13/h3-4H,5H2,1-2H3,(H,12,13)/b4-3-. The van der Waals surface area contributed by atoms with Crippen molar-refractivity contribution in [3.05, 3.63) is 16.6 Å². The third-order valence-corrected chi connectivity index (χ3v) is 1.97. The van der Waals surface area contributed by atoms with Crippen molar-refractivity contribution in [2.75, 3.05) is 6.66 Å². The quantitative estimate of drug-likeness (QED) is 0.719. The van der Waals surface area contributed by atoms with E-state index in [1.54, 1.807) is 13.0 Å². The normalized spacial score (nSPS) is 15.7. The first-order valence-corrected chi connectivity index (χ1v) is 6.06. The number of rotatable bonds is 4. The summed E-state index contributed by atoms with van der Waals surface area (Å²) in [6, 6.07) is 0. The van der Waals surface area contributed by atoms with Crippen LogP contribution in [0.2, 0.25) is 0 Å². The molecule has 1 heterocycles. The van der Waals surface area contributed by atoms with E-state index in [1.165, 1.54) is 6.20 Å². The van der Waals surface area contributed by atoms with Gasteiger partial charge in [-0.05, 0) is 17.4 Å². The summed E-state index contributed by atoms with van der Waals surface area (Å²) in [7, 11) is -3.61. The minimum atomic E-state index is -3.61. The van der Waals surface area contributed by atoms with E-state index in [-0.39, 0.29) is 0 Å². The Labute approximate surface area is 85.3 Å². The van der Waals surface area contributed by atoms with Gasteiger partial charge in [0.1, 0.15) is 0 Å². The van der Waals surface area contributed by atoms with Gasteiger partial charge in [0.15, 0.2) is 6.73 Å². The summed E-state index contributed by atoms with van der Waals surface area (Å²) in [5, 5.41) is 6.93. The fourth-order valence-electron chi connectivity index (χ4n) is 0.764. The van der Waals surface area contributed by atoms with Crippen LogP contribution in [0.1, 0.15) is 6.92 Å². The predicted molar refractivity (Wildman–Crippen MR) is 52.1 cm³/mol. The minimum Gasteiger partial charge on any atom is -0.324 e. The van der Waals surface area contributed by atoms with Crippen molar-refractivity contribution in [3.8, 4) is 0 Å². The topological polar surface area (TPSA) is 99.2 Å². The summed E-state index contributed by atoms with van der Waals surface area (Å²) in [6.07, 6.45) is 3.02. The maximum Gasteiger partial charge on any atom is 0.370 e. The van der Waals surface area contributed by atoms with E-state index in [9.17, 15) is 9.36 Å². The summed E-state index contributed by atoms with van der Waals surface area (Å²) < 4.78 is 17.1. The molecule has 0 aliphatic rings. The van der Waals surface area contributed by atoms with Crippen LogP contribution in [0.15, 0.2) is 10.9 Å². The molecule has 1 aromatic heterocycles. The Morgan fingerprint density at radius 3 is 2.80 bits per heavy atom. The zero-order chi connectivity index (χ0) is 11.5. The molecule has 1 N–H and O–H groups in total. The summed E-state index contributed by atoms with van der Waals surface area (Å²) in [5.74, 6) is 0. The van der Waals surface area contributed by atoms with E-state index in [2.05, 4.69) is 15.0 Å². The Morgan fingerprint density at radius 1 is 1.60 bits per heavy atom. The van der Waals surface area contributed by atoms with Crippen LogP contribution in [0.25, 0.3) is 6.20 Å². The Morgan fingerprint density at radius 2 is 2.27 bits per heavy atom. The molecule has 1 unspecified atom stereocenters. The van der Waals surface area contributed by atoms with Gasteiger partial charge in [0.05, 0.1) is 0 Å². The van der Waals surface area contributed by atoms with Crippen LogP contribution in [0.5, 0.6) is 0 Å². The van der Waals surface area contributed by atoms with Gasteiger partial charge < -0.3 is 4.89 Å². The van der Waals surface area contributed by atoms with Crippen LogP contribution in [0.3, 0.4) is 0 Å². The fraction of sp³-hybridized carbons (Fsp3) is 0.500. The molecule has 0 fully saturated rings. The molecular formula is C6H11N4O4P. The molecule has 1 aromatic rings. The Bertz CT molecular complexity index is 456. The molecule has 0 saturated carbocycles. The van der Waals surface area contributed by atoms with Crippen LogP contribution < -0.4 is 5.69 Å². The highest BCUT2D eigenvalue weighted by Gasteiger charge is 2.12. The Hall–Kier alpha value is -1.24. The second-order valence-corrected chi connectivity index (χ2v) is 4.61. The minimum absolute atomic E-state index is 0.402. The average molecular weight is 234 g/mol. The second kappa shape index (κ2) is 4.52. The van der Waals surface area contributed by atoms with Gasteiger partial charge in [0.2, 0.25) is 0 Å². The van der Waals surface area contributed by atoms with Crippen LogP contribution in [-0.4, -0.2) is 31.3 Å². The molecule has 8 nitrogen and oxygen atoms in total. The van der Waals surface area contributed by atoms with E-state index in [0.717, 1.165) is 16.0 Å². The van der Waals surface area contributed by atoms with Gasteiger partial charge in [-0.25, -0.2) is 4.79 Å². The molecule has 0 spiro atoms. The number of tetrazole rings is 1. The first-order valence-electron chi connectivity index (χ1n) is 4.04. The third-order valence-electron chi connectivity index (χ3n) is 1.37. The first kappa shape index (κ1) is 11.8. The maximum atomic E-state index is 11.4. The number of allylic oxidation sites excluding steroid dienone is 1. The SMILES string of the molecule is C/C=C\n1nnn(COP(C)(=O)O)c1=O. The monoisotopic (exact) mass is 234 g/mol. The molecule has 0 aromatic carbocycles. The first-order chi connectivity index (χ1) is 6.94. The van der Waals surface area contributed by atoms with Crippen LogP contribution in [0.4, 0.5) is 0 Å². The number of nitrogens with zero attached hydrogens (tertiary/aromatic N) is 4. The number of hydrogen-bond donors (Lipinski definition) is 1. The smallest absolute Gasteiger partial charge is 0.324 e. The molecule has 0 aliphatic heterocycles. The summed E-state index contributed by atoms with van der Waals surface area (Å²) >= 11 is 0. The van der Waals surface area contributed by atoms with Crippen LogP contribution >= 0.6 is 7.60 Å². The highest BCUT2D eigenvalue weighted by Crippen LogP contribution is 2.36. The average Bonchev–Trinajstić information content (AvgIpc) is 2.45. The Balaban J connectivity index is 2.80. The van der Waals surface area contributed by atoms with Gasteiger partial charge in [0, 0.05) is 12.9 Å². The zero-order valence-corrected chi connectivity index (χ0v) is 9.16. The van der Waals surface area contributed by atoms with Crippen molar-refractivity contribution in [1.29, 1.82) is 0 Å².